The highest BCUT2D eigenvalue weighted by molar-refractivity contribution is 5.50. The number of aromatic nitrogens is 2. The molecule has 0 radical (unpaired) electrons. The van der Waals surface area contributed by atoms with E-state index in [9.17, 15) is 8.78 Å². The van der Waals surface area contributed by atoms with Crippen LogP contribution in [0.2, 0.25) is 0 Å². The molecule has 0 bridgehead atoms. The van der Waals surface area contributed by atoms with Crippen LogP contribution in [0.25, 0.3) is 0 Å². The number of rotatable bonds is 4. The van der Waals surface area contributed by atoms with Gasteiger partial charge in [0.1, 0.15) is 17.2 Å². The van der Waals surface area contributed by atoms with E-state index in [2.05, 4.69) is 4.98 Å². The van der Waals surface area contributed by atoms with Crippen molar-refractivity contribution in [2.75, 3.05) is 0 Å². The fraction of sp³-hybridized carbons (Fsp3) is 0.0455. The number of imidazole rings is 1. The van der Waals surface area contributed by atoms with Crippen LogP contribution in [0.4, 0.5) is 8.78 Å². The molecule has 4 aromatic rings. The summed E-state index contributed by atoms with van der Waals surface area (Å²) < 4.78 is 30.2. The third-order valence-electron chi connectivity index (χ3n) is 4.57. The Kier molecular flexibility index (Phi) is 4.09. The molecule has 3 aromatic carbocycles. The lowest BCUT2D eigenvalue weighted by Gasteiger charge is -2.37. The quantitative estimate of drug-likeness (QED) is 0.475. The minimum absolute atomic E-state index is 0.348. The average Bonchev–Trinajstić information content (AvgIpc) is 3.19. The van der Waals surface area contributed by atoms with Gasteiger partial charge in [0, 0.05) is 12.4 Å². The van der Waals surface area contributed by atoms with E-state index in [1.54, 1.807) is 24.7 Å². The SMILES string of the molecule is Fc1cccc(C(c2ccccc2)(c2cccc(F)c2)n2ccnc2)c1. The third kappa shape index (κ3) is 2.60. The number of nitrogens with zero attached hydrogens (tertiary/aromatic N) is 2. The Balaban J connectivity index is 2.14. The highest BCUT2D eigenvalue weighted by atomic mass is 19.1. The van der Waals surface area contributed by atoms with E-state index >= 15 is 0 Å². The Morgan fingerprint density at radius 1 is 0.692 bits per heavy atom. The van der Waals surface area contributed by atoms with E-state index in [0.29, 0.717) is 11.1 Å². The van der Waals surface area contributed by atoms with Gasteiger partial charge in [0.15, 0.2) is 0 Å². The van der Waals surface area contributed by atoms with Crippen LogP contribution < -0.4 is 0 Å². The first-order valence-corrected chi connectivity index (χ1v) is 8.27. The van der Waals surface area contributed by atoms with Crippen molar-refractivity contribution < 1.29 is 8.78 Å². The van der Waals surface area contributed by atoms with Gasteiger partial charge in [-0.05, 0) is 41.0 Å². The molecule has 128 valence electrons. The van der Waals surface area contributed by atoms with Crippen LogP contribution in [0.3, 0.4) is 0 Å². The summed E-state index contributed by atoms with van der Waals surface area (Å²) in [6.07, 6.45) is 5.14. The second-order valence-electron chi connectivity index (χ2n) is 6.07. The molecule has 26 heavy (non-hydrogen) atoms. The van der Waals surface area contributed by atoms with Gasteiger partial charge in [-0.1, -0.05) is 54.6 Å². The molecular formula is C22H16F2N2. The fourth-order valence-corrected chi connectivity index (χ4v) is 3.51. The van der Waals surface area contributed by atoms with Crippen molar-refractivity contribution in [3.63, 3.8) is 0 Å². The molecule has 0 fully saturated rings. The van der Waals surface area contributed by atoms with Crippen molar-refractivity contribution in [3.05, 3.63) is 126 Å². The summed E-state index contributed by atoms with van der Waals surface area (Å²) in [5.41, 5.74) is 1.32. The average molecular weight is 346 g/mol. The van der Waals surface area contributed by atoms with E-state index < -0.39 is 5.54 Å². The summed E-state index contributed by atoms with van der Waals surface area (Å²) in [5, 5.41) is 0. The van der Waals surface area contributed by atoms with Crippen LogP contribution in [0, 0.1) is 11.6 Å². The first-order valence-electron chi connectivity index (χ1n) is 8.27. The summed E-state index contributed by atoms with van der Waals surface area (Å²) in [6.45, 7) is 0. The minimum atomic E-state index is -0.943. The van der Waals surface area contributed by atoms with Crippen LogP contribution in [0.15, 0.2) is 97.6 Å². The molecule has 0 saturated heterocycles. The van der Waals surface area contributed by atoms with Crippen molar-refractivity contribution in [3.8, 4) is 0 Å². The first-order chi connectivity index (χ1) is 12.7. The van der Waals surface area contributed by atoms with Gasteiger partial charge < -0.3 is 4.57 Å². The molecular weight excluding hydrogens is 330 g/mol. The maximum atomic E-state index is 14.2. The zero-order valence-electron chi connectivity index (χ0n) is 13.9. The van der Waals surface area contributed by atoms with Gasteiger partial charge in [-0.15, -0.1) is 0 Å². The van der Waals surface area contributed by atoms with Gasteiger partial charge >= 0.3 is 0 Å². The lowest BCUT2D eigenvalue weighted by molar-refractivity contribution is 0.504. The summed E-state index contributed by atoms with van der Waals surface area (Å²) in [5.74, 6) is -0.696. The normalized spacial score (nSPS) is 11.5. The van der Waals surface area contributed by atoms with E-state index in [0.717, 1.165) is 5.56 Å². The van der Waals surface area contributed by atoms with Crippen molar-refractivity contribution >= 4 is 0 Å². The molecule has 1 heterocycles. The van der Waals surface area contributed by atoms with E-state index in [1.807, 2.05) is 53.2 Å². The van der Waals surface area contributed by atoms with E-state index in [-0.39, 0.29) is 11.6 Å². The molecule has 0 N–H and O–H groups in total. The van der Waals surface area contributed by atoms with Crippen LogP contribution in [0.1, 0.15) is 16.7 Å². The van der Waals surface area contributed by atoms with Crippen molar-refractivity contribution in [2.24, 2.45) is 0 Å². The molecule has 0 aliphatic carbocycles. The van der Waals surface area contributed by atoms with Crippen molar-refractivity contribution in [2.45, 2.75) is 5.54 Å². The molecule has 0 saturated carbocycles. The monoisotopic (exact) mass is 346 g/mol. The topological polar surface area (TPSA) is 17.8 Å². The Hall–Kier alpha value is -3.27. The number of benzene rings is 3. The molecule has 2 nitrogen and oxygen atoms in total. The second kappa shape index (κ2) is 6.56. The summed E-state index contributed by atoms with van der Waals surface area (Å²) in [7, 11) is 0. The van der Waals surface area contributed by atoms with Crippen LogP contribution >= 0.6 is 0 Å². The predicted octanol–water partition coefficient (Wildman–Crippen LogP) is 5.00. The highest BCUT2D eigenvalue weighted by Crippen LogP contribution is 2.40. The standard InChI is InChI=1S/C22H16F2N2/c23-20-10-4-8-18(14-20)22(26-13-12-25-16-26,17-6-2-1-3-7-17)19-9-5-11-21(24)15-19/h1-16H. The van der Waals surface area contributed by atoms with Gasteiger partial charge in [-0.25, -0.2) is 13.8 Å². The van der Waals surface area contributed by atoms with Crippen LogP contribution in [-0.4, -0.2) is 9.55 Å². The Bertz CT molecular complexity index is 966. The highest BCUT2D eigenvalue weighted by Gasteiger charge is 2.38. The Labute approximate surface area is 150 Å². The summed E-state index contributed by atoms with van der Waals surface area (Å²) in [4.78, 5) is 4.18. The van der Waals surface area contributed by atoms with Crippen LogP contribution in [0.5, 0.6) is 0 Å². The van der Waals surface area contributed by atoms with Crippen molar-refractivity contribution in [1.29, 1.82) is 0 Å². The molecule has 0 aliphatic heterocycles. The number of halogens is 2. The lowest BCUT2D eigenvalue weighted by Crippen LogP contribution is -2.37. The third-order valence-corrected chi connectivity index (χ3v) is 4.57. The lowest BCUT2D eigenvalue weighted by atomic mass is 9.76. The van der Waals surface area contributed by atoms with Crippen LogP contribution in [-0.2, 0) is 5.54 Å². The smallest absolute Gasteiger partial charge is 0.123 e. The molecule has 0 atom stereocenters. The molecule has 0 spiro atoms. The zero-order valence-corrected chi connectivity index (χ0v) is 13.9. The van der Waals surface area contributed by atoms with Crippen molar-refractivity contribution in [1.82, 2.24) is 9.55 Å². The van der Waals surface area contributed by atoms with Gasteiger partial charge in [-0.2, -0.15) is 0 Å². The first kappa shape index (κ1) is 16.2. The van der Waals surface area contributed by atoms with E-state index in [4.69, 9.17) is 0 Å². The maximum absolute atomic E-state index is 14.2. The molecule has 4 rings (SSSR count). The molecule has 0 aliphatic rings. The van der Waals surface area contributed by atoms with Gasteiger partial charge in [-0.3, -0.25) is 0 Å². The molecule has 0 unspecified atom stereocenters. The number of hydrogen-bond donors (Lipinski definition) is 0. The summed E-state index contributed by atoms with van der Waals surface area (Å²) in [6, 6.07) is 22.5. The predicted molar refractivity (Wildman–Crippen MR) is 96.7 cm³/mol. The molecule has 4 heteroatoms. The number of hydrogen-bond acceptors (Lipinski definition) is 1. The molecule has 1 aromatic heterocycles. The largest absolute Gasteiger partial charge is 0.319 e. The zero-order chi connectivity index (χ0) is 18.0. The van der Waals surface area contributed by atoms with E-state index in [1.165, 1.54) is 24.3 Å². The second-order valence-corrected chi connectivity index (χ2v) is 6.07. The van der Waals surface area contributed by atoms with Gasteiger partial charge in [0.2, 0.25) is 0 Å². The molecule has 0 amide bonds. The maximum Gasteiger partial charge on any atom is 0.123 e. The van der Waals surface area contributed by atoms with Gasteiger partial charge in [0.25, 0.3) is 0 Å². The Morgan fingerprint density at radius 3 is 1.77 bits per heavy atom. The van der Waals surface area contributed by atoms with Gasteiger partial charge in [0.05, 0.1) is 6.33 Å². The minimum Gasteiger partial charge on any atom is -0.319 e. The Morgan fingerprint density at radius 2 is 1.27 bits per heavy atom. The summed E-state index contributed by atoms with van der Waals surface area (Å²) >= 11 is 0. The fourth-order valence-electron chi connectivity index (χ4n) is 3.51.